The highest BCUT2D eigenvalue weighted by Gasteiger charge is 2.28. The summed E-state index contributed by atoms with van der Waals surface area (Å²) in [4.78, 5) is 11.5. The zero-order valence-electron chi connectivity index (χ0n) is 10.1. The number of nitrogens with zero attached hydrogens (tertiary/aromatic N) is 2. The lowest BCUT2D eigenvalue weighted by Gasteiger charge is -2.03. The summed E-state index contributed by atoms with van der Waals surface area (Å²) in [5.74, 6) is 0.872. The largest absolute Gasteiger partial charge is 0.299 e. The standard InChI is InChI=1S/C13H20N2O/c1-10(2)15-9-8-12(14-15)4-3-5-13(16)11-6-7-11/h8-11H,3-7H2,1-2H3. The molecule has 3 nitrogen and oxygen atoms in total. The highest BCUT2D eigenvalue weighted by Crippen LogP contribution is 2.31. The van der Waals surface area contributed by atoms with Crippen LogP contribution in [0, 0.1) is 5.92 Å². The lowest BCUT2D eigenvalue weighted by atomic mass is 10.1. The summed E-state index contributed by atoms with van der Waals surface area (Å²) >= 11 is 0. The van der Waals surface area contributed by atoms with E-state index in [0.29, 0.717) is 17.7 Å². The Kier molecular flexibility index (Phi) is 3.42. The molecule has 0 bridgehead atoms. The normalized spacial score (nSPS) is 15.7. The van der Waals surface area contributed by atoms with Gasteiger partial charge in [-0.05, 0) is 45.6 Å². The van der Waals surface area contributed by atoms with Gasteiger partial charge in [-0.2, -0.15) is 5.10 Å². The van der Waals surface area contributed by atoms with Gasteiger partial charge in [0.15, 0.2) is 0 Å². The Hall–Kier alpha value is -1.12. The first-order chi connectivity index (χ1) is 7.66. The van der Waals surface area contributed by atoms with Gasteiger partial charge < -0.3 is 0 Å². The van der Waals surface area contributed by atoms with Gasteiger partial charge in [0, 0.05) is 24.6 Å². The highest BCUT2D eigenvalue weighted by molar-refractivity contribution is 5.83. The van der Waals surface area contributed by atoms with Crippen molar-refractivity contribution in [3.05, 3.63) is 18.0 Å². The molecule has 1 aromatic rings. The maximum atomic E-state index is 11.5. The molecule has 2 rings (SSSR count). The first kappa shape index (κ1) is 11.4. The van der Waals surface area contributed by atoms with Gasteiger partial charge >= 0.3 is 0 Å². The molecular weight excluding hydrogens is 200 g/mol. The second kappa shape index (κ2) is 4.81. The quantitative estimate of drug-likeness (QED) is 0.739. The molecular formula is C13H20N2O. The number of rotatable bonds is 6. The fourth-order valence-corrected chi connectivity index (χ4v) is 1.85. The topological polar surface area (TPSA) is 34.9 Å². The van der Waals surface area contributed by atoms with E-state index in [1.165, 1.54) is 0 Å². The summed E-state index contributed by atoms with van der Waals surface area (Å²) < 4.78 is 1.97. The lowest BCUT2D eigenvalue weighted by molar-refractivity contribution is -0.120. The van der Waals surface area contributed by atoms with Crippen LogP contribution in [0.1, 0.15) is 51.3 Å². The molecule has 1 aliphatic carbocycles. The fraction of sp³-hybridized carbons (Fsp3) is 0.692. The smallest absolute Gasteiger partial charge is 0.135 e. The molecule has 0 aliphatic heterocycles. The van der Waals surface area contributed by atoms with Crippen LogP contribution < -0.4 is 0 Å². The van der Waals surface area contributed by atoms with Crippen LogP contribution in [0.15, 0.2) is 12.3 Å². The van der Waals surface area contributed by atoms with Crippen LogP contribution in [-0.2, 0) is 11.2 Å². The minimum absolute atomic E-state index is 0.410. The maximum absolute atomic E-state index is 11.5. The molecule has 0 aromatic carbocycles. The van der Waals surface area contributed by atoms with Crippen molar-refractivity contribution in [2.24, 2.45) is 5.92 Å². The van der Waals surface area contributed by atoms with Crippen molar-refractivity contribution < 1.29 is 4.79 Å². The minimum atomic E-state index is 0.410. The number of Topliss-reactive ketones (excluding diaryl/α,β-unsaturated/α-hetero) is 1. The Morgan fingerprint density at radius 2 is 2.31 bits per heavy atom. The third kappa shape index (κ3) is 2.94. The number of carbonyl (C=O) groups is 1. The molecule has 1 aromatic heterocycles. The second-order valence-electron chi connectivity index (χ2n) is 4.97. The van der Waals surface area contributed by atoms with Crippen LogP contribution in [0.5, 0.6) is 0 Å². The van der Waals surface area contributed by atoms with E-state index in [0.717, 1.165) is 37.8 Å². The second-order valence-corrected chi connectivity index (χ2v) is 4.97. The molecule has 0 unspecified atom stereocenters. The highest BCUT2D eigenvalue weighted by atomic mass is 16.1. The van der Waals surface area contributed by atoms with Crippen molar-refractivity contribution in [3.63, 3.8) is 0 Å². The van der Waals surface area contributed by atoms with E-state index in [1.807, 2.05) is 10.9 Å². The molecule has 1 aliphatic rings. The van der Waals surface area contributed by atoms with E-state index < -0.39 is 0 Å². The average Bonchev–Trinajstić information content (AvgIpc) is 2.98. The van der Waals surface area contributed by atoms with E-state index in [1.54, 1.807) is 0 Å². The first-order valence-corrected chi connectivity index (χ1v) is 6.23. The van der Waals surface area contributed by atoms with Gasteiger partial charge in [-0.15, -0.1) is 0 Å². The predicted octanol–water partition coefficient (Wildman–Crippen LogP) is 2.77. The van der Waals surface area contributed by atoms with Crippen molar-refractivity contribution in [1.29, 1.82) is 0 Å². The predicted molar refractivity (Wildman–Crippen MR) is 63.3 cm³/mol. The van der Waals surface area contributed by atoms with Crippen molar-refractivity contribution in [2.45, 2.75) is 52.0 Å². The molecule has 1 fully saturated rings. The van der Waals surface area contributed by atoms with E-state index in [4.69, 9.17) is 0 Å². The summed E-state index contributed by atoms with van der Waals surface area (Å²) in [7, 11) is 0. The van der Waals surface area contributed by atoms with E-state index in [-0.39, 0.29) is 0 Å². The average molecular weight is 220 g/mol. The molecule has 16 heavy (non-hydrogen) atoms. The molecule has 0 N–H and O–H groups in total. The van der Waals surface area contributed by atoms with Crippen molar-refractivity contribution in [2.75, 3.05) is 0 Å². The van der Waals surface area contributed by atoms with Crippen LogP contribution in [0.3, 0.4) is 0 Å². The van der Waals surface area contributed by atoms with Gasteiger partial charge in [0.2, 0.25) is 0 Å². The Bertz CT molecular complexity index is 364. The Morgan fingerprint density at radius 3 is 2.88 bits per heavy atom. The number of ketones is 1. The van der Waals surface area contributed by atoms with Crippen LogP contribution >= 0.6 is 0 Å². The third-order valence-electron chi connectivity index (χ3n) is 3.08. The third-order valence-corrected chi connectivity index (χ3v) is 3.08. The number of hydrogen-bond donors (Lipinski definition) is 0. The SMILES string of the molecule is CC(C)n1ccc(CCCC(=O)C2CC2)n1. The van der Waals surface area contributed by atoms with Crippen molar-refractivity contribution >= 4 is 5.78 Å². The number of aromatic nitrogens is 2. The van der Waals surface area contributed by atoms with Gasteiger partial charge in [-0.25, -0.2) is 0 Å². The van der Waals surface area contributed by atoms with E-state index in [2.05, 4.69) is 25.0 Å². The summed E-state index contributed by atoms with van der Waals surface area (Å²) in [5, 5.41) is 4.47. The lowest BCUT2D eigenvalue weighted by Crippen LogP contribution is -2.03. The van der Waals surface area contributed by atoms with Crippen molar-refractivity contribution in [3.8, 4) is 0 Å². The minimum Gasteiger partial charge on any atom is -0.299 e. The Labute approximate surface area is 96.8 Å². The zero-order valence-corrected chi connectivity index (χ0v) is 10.1. The van der Waals surface area contributed by atoms with Gasteiger partial charge in [0.1, 0.15) is 5.78 Å². The molecule has 1 heterocycles. The van der Waals surface area contributed by atoms with Crippen LogP contribution in [-0.4, -0.2) is 15.6 Å². The fourth-order valence-electron chi connectivity index (χ4n) is 1.85. The molecule has 0 amide bonds. The van der Waals surface area contributed by atoms with Crippen LogP contribution in [0.25, 0.3) is 0 Å². The summed E-state index contributed by atoms with van der Waals surface area (Å²) in [6.07, 6.45) is 6.88. The summed E-state index contributed by atoms with van der Waals surface area (Å²) in [6, 6.07) is 2.48. The first-order valence-electron chi connectivity index (χ1n) is 6.23. The van der Waals surface area contributed by atoms with Gasteiger partial charge in [-0.1, -0.05) is 0 Å². The molecule has 0 spiro atoms. The van der Waals surface area contributed by atoms with Gasteiger partial charge in [0.25, 0.3) is 0 Å². The zero-order chi connectivity index (χ0) is 11.5. The Balaban J connectivity index is 1.73. The molecule has 88 valence electrons. The summed E-state index contributed by atoms with van der Waals surface area (Å²) in [5.41, 5.74) is 1.11. The van der Waals surface area contributed by atoms with Crippen LogP contribution in [0.4, 0.5) is 0 Å². The molecule has 1 saturated carbocycles. The molecule has 0 atom stereocenters. The van der Waals surface area contributed by atoms with E-state index >= 15 is 0 Å². The van der Waals surface area contributed by atoms with E-state index in [9.17, 15) is 4.79 Å². The van der Waals surface area contributed by atoms with Crippen LogP contribution in [0.2, 0.25) is 0 Å². The molecule has 0 radical (unpaired) electrons. The monoisotopic (exact) mass is 220 g/mol. The summed E-state index contributed by atoms with van der Waals surface area (Å²) in [6.45, 7) is 4.24. The Morgan fingerprint density at radius 1 is 1.56 bits per heavy atom. The molecule has 3 heteroatoms. The number of carbonyl (C=O) groups excluding carboxylic acids is 1. The number of aryl methyl sites for hydroxylation is 1. The molecule has 0 saturated heterocycles. The maximum Gasteiger partial charge on any atom is 0.135 e. The van der Waals surface area contributed by atoms with Gasteiger partial charge in [-0.3, -0.25) is 9.48 Å². The van der Waals surface area contributed by atoms with Gasteiger partial charge in [0.05, 0.1) is 5.69 Å². The van der Waals surface area contributed by atoms with Crippen molar-refractivity contribution in [1.82, 2.24) is 9.78 Å². The number of hydrogen-bond acceptors (Lipinski definition) is 2.